The molecule has 3 nitrogen and oxygen atoms in total. The van der Waals surface area contributed by atoms with E-state index in [1.165, 1.54) is 22.0 Å². The lowest BCUT2D eigenvalue weighted by Gasteiger charge is -2.18. The van der Waals surface area contributed by atoms with Crippen LogP contribution in [0, 0.1) is 5.92 Å². The number of fused-ring (bicyclic) bond motifs is 3. The van der Waals surface area contributed by atoms with Crippen LogP contribution in [0.4, 0.5) is 0 Å². The summed E-state index contributed by atoms with van der Waals surface area (Å²) in [6, 6.07) is 6.52. The second-order valence-electron chi connectivity index (χ2n) is 6.46. The summed E-state index contributed by atoms with van der Waals surface area (Å²) in [7, 11) is 0. The van der Waals surface area contributed by atoms with Gasteiger partial charge in [-0.15, -0.1) is 0 Å². The largest absolute Gasteiger partial charge is 0.349 e. The summed E-state index contributed by atoms with van der Waals surface area (Å²) in [4.78, 5) is 12.1. The lowest BCUT2D eigenvalue weighted by Crippen LogP contribution is -2.35. The highest BCUT2D eigenvalue weighted by Crippen LogP contribution is 2.29. The zero-order valence-electron chi connectivity index (χ0n) is 13.6. The molecule has 1 aromatic carbocycles. The van der Waals surface area contributed by atoms with Crippen molar-refractivity contribution in [2.45, 2.75) is 40.2 Å². The number of nitrogens with zero attached hydrogens (tertiary/aromatic N) is 1. The van der Waals surface area contributed by atoms with Crippen molar-refractivity contribution in [3.05, 3.63) is 41.1 Å². The van der Waals surface area contributed by atoms with E-state index in [2.05, 4.69) is 54.9 Å². The molecule has 2 heterocycles. The topological polar surface area (TPSA) is 34.0 Å². The third kappa shape index (κ3) is 2.68. The predicted octanol–water partition coefficient (Wildman–Crippen LogP) is 4.01. The molecule has 0 saturated carbocycles. The van der Waals surface area contributed by atoms with Gasteiger partial charge in [-0.2, -0.15) is 0 Å². The Hall–Kier alpha value is -2.03. The van der Waals surface area contributed by atoms with Gasteiger partial charge in [-0.25, -0.2) is 0 Å². The van der Waals surface area contributed by atoms with Crippen LogP contribution in [0.25, 0.3) is 17.0 Å². The van der Waals surface area contributed by atoms with Crippen LogP contribution in [0.3, 0.4) is 0 Å². The zero-order chi connectivity index (χ0) is 15.7. The van der Waals surface area contributed by atoms with Crippen molar-refractivity contribution in [2.24, 2.45) is 5.92 Å². The van der Waals surface area contributed by atoms with Crippen molar-refractivity contribution >= 4 is 22.9 Å². The SMILES string of the molecule is CCC=Cc1cc(CC(C)C)c2c(c1)cc1n2CCNC1=O. The number of hydrogen-bond donors (Lipinski definition) is 1. The van der Waals surface area contributed by atoms with Gasteiger partial charge in [0.2, 0.25) is 0 Å². The number of rotatable bonds is 4. The first-order chi connectivity index (χ1) is 10.6. The molecule has 1 aromatic heterocycles. The first-order valence-corrected chi connectivity index (χ1v) is 8.21. The van der Waals surface area contributed by atoms with E-state index in [-0.39, 0.29) is 5.91 Å². The van der Waals surface area contributed by atoms with Crippen molar-refractivity contribution in [1.82, 2.24) is 9.88 Å². The quantitative estimate of drug-likeness (QED) is 0.909. The summed E-state index contributed by atoms with van der Waals surface area (Å²) in [5, 5.41) is 4.12. The first-order valence-electron chi connectivity index (χ1n) is 8.21. The Morgan fingerprint density at radius 3 is 2.86 bits per heavy atom. The average Bonchev–Trinajstić information content (AvgIpc) is 2.85. The molecule has 1 aliphatic rings. The van der Waals surface area contributed by atoms with E-state index < -0.39 is 0 Å². The maximum Gasteiger partial charge on any atom is 0.268 e. The highest BCUT2D eigenvalue weighted by atomic mass is 16.2. The van der Waals surface area contributed by atoms with E-state index in [9.17, 15) is 4.79 Å². The predicted molar refractivity (Wildman–Crippen MR) is 92.1 cm³/mol. The van der Waals surface area contributed by atoms with Crippen molar-refractivity contribution in [3.8, 4) is 0 Å². The van der Waals surface area contributed by atoms with Gasteiger partial charge in [0.1, 0.15) is 5.69 Å². The molecule has 22 heavy (non-hydrogen) atoms. The van der Waals surface area contributed by atoms with Crippen molar-refractivity contribution in [1.29, 1.82) is 0 Å². The number of aromatic nitrogens is 1. The van der Waals surface area contributed by atoms with Crippen LogP contribution in [0.2, 0.25) is 0 Å². The zero-order valence-corrected chi connectivity index (χ0v) is 13.6. The maximum absolute atomic E-state index is 12.1. The second-order valence-corrected chi connectivity index (χ2v) is 6.46. The summed E-state index contributed by atoms with van der Waals surface area (Å²) in [5.74, 6) is 0.640. The van der Waals surface area contributed by atoms with Gasteiger partial charge in [0.15, 0.2) is 0 Å². The molecule has 0 fully saturated rings. The lowest BCUT2D eigenvalue weighted by molar-refractivity contribution is 0.0929. The molecular weight excluding hydrogens is 272 g/mol. The molecule has 1 aliphatic heterocycles. The van der Waals surface area contributed by atoms with Crippen LogP contribution in [-0.4, -0.2) is 17.0 Å². The Balaban J connectivity index is 2.21. The van der Waals surface area contributed by atoms with E-state index in [0.29, 0.717) is 12.5 Å². The first kappa shape index (κ1) is 14.9. The minimum Gasteiger partial charge on any atom is -0.349 e. The Bertz CT molecular complexity index is 737. The summed E-state index contributed by atoms with van der Waals surface area (Å²) in [6.07, 6.45) is 6.44. The van der Waals surface area contributed by atoms with Crippen LogP contribution < -0.4 is 5.32 Å². The van der Waals surface area contributed by atoms with Crippen LogP contribution in [-0.2, 0) is 13.0 Å². The normalized spacial score (nSPS) is 14.8. The molecule has 0 aliphatic carbocycles. The monoisotopic (exact) mass is 296 g/mol. The summed E-state index contributed by atoms with van der Waals surface area (Å²) in [6.45, 7) is 8.21. The third-order valence-electron chi connectivity index (χ3n) is 4.12. The van der Waals surface area contributed by atoms with Crippen molar-refractivity contribution in [2.75, 3.05) is 6.54 Å². The van der Waals surface area contributed by atoms with Crippen LogP contribution >= 0.6 is 0 Å². The van der Waals surface area contributed by atoms with Crippen LogP contribution in [0.5, 0.6) is 0 Å². The van der Waals surface area contributed by atoms with Crippen LogP contribution in [0.15, 0.2) is 24.3 Å². The van der Waals surface area contributed by atoms with Gasteiger partial charge in [-0.3, -0.25) is 4.79 Å². The highest BCUT2D eigenvalue weighted by molar-refractivity contribution is 6.00. The Morgan fingerprint density at radius 2 is 2.14 bits per heavy atom. The number of benzene rings is 1. The van der Waals surface area contributed by atoms with Gasteiger partial charge in [0, 0.05) is 18.5 Å². The molecule has 0 atom stereocenters. The molecule has 0 saturated heterocycles. The fourth-order valence-electron chi connectivity index (χ4n) is 3.27. The Kier molecular flexibility index (Phi) is 4.06. The molecule has 3 heteroatoms. The lowest BCUT2D eigenvalue weighted by atomic mass is 9.98. The smallest absolute Gasteiger partial charge is 0.268 e. The van der Waals surface area contributed by atoms with Gasteiger partial charge in [-0.1, -0.05) is 32.9 Å². The van der Waals surface area contributed by atoms with Crippen LogP contribution in [0.1, 0.15) is 48.8 Å². The number of allylic oxidation sites excluding steroid dienone is 1. The van der Waals surface area contributed by atoms with Crippen molar-refractivity contribution in [3.63, 3.8) is 0 Å². The second kappa shape index (κ2) is 5.99. The van der Waals surface area contributed by atoms with Crippen molar-refractivity contribution < 1.29 is 4.79 Å². The molecule has 116 valence electrons. The summed E-state index contributed by atoms with van der Waals surface area (Å²) < 4.78 is 2.19. The van der Waals surface area contributed by atoms with E-state index in [0.717, 1.165) is 25.1 Å². The minimum atomic E-state index is 0.0450. The summed E-state index contributed by atoms with van der Waals surface area (Å²) in [5.41, 5.74) is 4.62. The highest BCUT2D eigenvalue weighted by Gasteiger charge is 2.21. The molecule has 0 radical (unpaired) electrons. The molecule has 2 aromatic rings. The number of amides is 1. The molecule has 1 N–H and O–H groups in total. The molecule has 0 bridgehead atoms. The number of nitrogens with one attached hydrogen (secondary N) is 1. The Morgan fingerprint density at radius 1 is 1.32 bits per heavy atom. The van der Waals surface area contributed by atoms with Gasteiger partial charge in [0.25, 0.3) is 5.91 Å². The van der Waals surface area contributed by atoms with E-state index in [1.54, 1.807) is 0 Å². The fraction of sp³-hybridized carbons (Fsp3) is 0.421. The maximum atomic E-state index is 12.1. The molecule has 3 rings (SSSR count). The molecule has 0 unspecified atom stereocenters. The number of carbonyl (C=O) groups excluding carboxylic acids is 1. The van der Waals surface area contributed by atoms with Gasteiger partial charge >= 0.3 is 0 Å². The standard InChI is InChI=1S/C19H24N2O/c1-4-5-6-14-10-15(9-13(2)3)18-16(11-14)12-17-19(22)20-7-8-21(17)18/h5-6,10-13H,4,7-9H2,1-3H3,(H,20,22). The van der Waals surface area contributed by atoms with Gasteiger partial charge < -0.3 is 9.88 Å². The third-order valence-corrected chi connectivity index (χ3v) is 4.12. The number of carbonyl (C=O) groups is 1. The fourth-order valence-corrected chi connectivity index (χ4v) is 3.27. The molecular formula is C19H24N2O. The van der Waals surface area contributed by atoms with Gasteiger partial charge in [-0.05, 0) is 48.1 Å². The molecule has 1 amide bonds. The average molecular weight is 296 g/mol. The summed E-state index contributed by atoms with van der Waals surface area (Å²) >= 11 is 0. The van der Waals surface area contributed by atoms with E-state index in [1.807, 2.05) is 6.07 Å². The van der Waals surface area contributed by atoms with Gasteiger partial charge in [0.05, 0.1) is 5.52 Å². The molecule has 0 spiro atoms. The number of hydrogen-bond acceptors (Lipinski definition) is 1. The minimum absolute atomic E-state index is 0.0450. The van der Waals surface area contributed by atoms with E-state index in [4.69, 9.17) is 0 Å². The Labute approximate surface area is 132 Å². The van der Waals surface area contributed by atoms with E-state index >= 15 is 0 Å².